The van der Waals surface area contributed by atoms with E-state index in [1.54, 1.807) is 23.1 Å². The molecule has 0 unspecified atom stereocenters. The zero-order valence-corrected chi connectivity index (χ0v) is 18.2. The van der Waals surface area contributed by atoms with Crippen LogP contribution >= 0.6 is 46.3 Å². The summed E-state index contributed by atoms with van der Waals surface area (Å²) in [6, 6.07) is 5.75. The molecule has 0 bridgehead atoms. The molecule has 0 atom stereocenters. The lowest BCUT2D eigenvalue weighted by molar-refractivity contribution is 0.626. The molecule has 7 heteroatoms. The summed E-state index contributed by atoms with van der Waals surface area (Å²) in [4.78, 5) is 1.36. The Bertz CT molecular complexity index is 902. The first-order valence-corrected chi connectivity index (χ1v) is 11.2. The summed E-state index contributed by atoms with van der Waals surface area (Å²) in [7, 11) is 0. The van der Waals surface area contributed by atoms with Crippen molar-refractivity contribution in [2.75, 3.05) is 0 Å². The van der Waals surface area contributed by atoms with Crippen LogP contribution in [0.4, 0.5) is 0 Å². The monoisotopic (exact) mass is 425 g/mol. The second-order valence-electron chi connectivity index (χ2n) is 6.03. The number of rotatable bonds is 7. The van der Waals surface area contributed by atoms with Crippen molar-refractivity contribution in [1.82, 2.24) is 14.8 Å². The van der Waals surface area contributed by atoms with E-state index in [4.69, 9.17) is 23.2 Å². The van der Waals surface area contributed by atoms with Crippen LogP contribution in [0.5, 0.6) is 0 Å². The molecule has 0 aliphatic rings. The van der Waals surface area contributed by atoms with Crippen LogP contribution in [0, 0.1) is 6.92 Å². The van der Waals surface area contributed by atoms with Crippen LogP contribution in [0.2, 0.25) is 10.0 Å². The molecule has 0 saturated carbocycles. The van der Waals surface area contributed by atoms with Gasteiger partial charge < -0.3 is 4.57 Å². The molecule has 2 aromatic heterocycles. The topological polar surface area (TPSA) is 30.7 Å². The third-order valence-corrected chi connectivity index (χ3v) is 6.94. The molecule has 138 valence electrons. The maximum Gasteiger partial charge on any atom is 0.191 e. The summed E-state index contributed by atoms with van der Waals surface area (Å²) in [6.07, 6.45) is 2.05. The van der Waals surface area contributed by atoms with Crippen LogP contribution in [-0.2, 0) is 18.7 Å². The highest BCUT2D eigenvalue weighted by atomic mass is 35.5. The van der Waals surface area contributed by atoms with E-state index in [1.165, 1.54) is 16.0 Å². The van der Waals surface area contributed by atoms with Crippen LogP contribution < -0.4 is 0 Å². The van der Waals surface area contributed by atoms with Crippen molar-refractivity contribution in [1.29, 1.82) is 0 Å². The maximum absolute atomic E-state index is 6.12. The van der Waals surface area contributed by atoms with Crippen molar-refractivity contribution in [2.45, 2.75) is 51.1 Å². The average Bonchev–Trinajstić information content (AvgIpc) is 3.19. The van der Waals surface area contributed by atoms with Gasteiger partial charge in [-0.3, -0.25) is 0 Å². The van der Waals surface area contributed by atoms with Crippen molar-refractivity contribution >= 4 is 46.3 Å². The molecule has 0 saturated heterocycles. The largest absolute Gasteiger partial charge is 0.302 e. The summed E-state index contributed by atoms with van der Waals surface area (Å²) >= 11 is 15.6. The molecule has 0 radical (unpaired) electrons. The van der Waals surface area contributed by atoms with Gasteiger partial charge in [0, 0.05) is 28.1 Å². The van der Waals surface area contributed by atoms with Crippen LogP contribution in [0.25, 0.3) is 11.4 Å². The van der Waals surface area contributed by atoms with Gasteiger partial charge in [-0.1, -0.05) is 54.9 Å². The number of hydrogen-bond acceptors (Lipinski definition) is 4. The maximum atomic E-state index is 6.12. The summed E-state index contributed by atoms with van der Waals surface area (Å²) in [6.45, 7) is 7.45. The molecule has 3 aromatic rings. The van der Waals surface area contributed by atoms with E-state index < -0.39 is 0 Å². The molecule has 0 amide bonds. The molecular weight excluding hydrogens is 405 g/mol. The summed E-state index contributed by atoms with van der Waals surface area (Å²) in [5.74, 6) is 1.76. The Morgan fingerprint density at radius 3 is 2.65 bits per heavy atom. The molecule has 1 aromatic carbocycles. The van der Waals surface area contributed by atoms with Crippen LogP contribution in [-0.4, -0.2) is 14.8 Å². The molecule has 26 heavy (non-hydrogen) atoms. The van der Waals surface area contributed by atoms with Gasteiger partial charge in [-0.25, -0.2) is 0 Å². The van der Waals surface area contributed by atoms with Crippen LogP contribution in [0.1, 0.15) is 36.3 Å². The first kappa shape index (κ1) is 19.7. The van der Waals surface area contributed by atoms with Crippen molar-refractivity contribution in [3.8, 4) is 11.4 Å². The predicted octanol–water partition coefficient (Wildman–Crippen LogP) is 6.89. The fourth-order valence-electron chi connectivity index (χ4n) is 2.90. The summed E-state index contributed by atoms with van der Waals surface area (Å²) < 4.78 is 2.24. The van der Waals surface area contributed by atoms with Crippen LogP contribution in [0.15, 0.2) is 28.7 Å². The Morgan fingerprint density at radius 1 is 1.15 bits per heavy atom. The minimum Gasteiger partial charge on any atom is -0.302 e. The van der Waals surface area contributed by atoms with Gasteiger partial charge >= 0.3 is 0 Å². The average molecular weight is 426 g/mol. The lowest BCUT2D eigenvalue weighted by Crippen LogP contribution is -2.02. The smallest absolute Gasteiger partial charge is 0.191 e. The zero-order valence-electron chi connectivity index (χ0n) is 15.1. The predicted molar refractivity (Wildman–Crippen MR) is 114 cm³/mol. The lowest BCUT2D eigenvalue weighted by Gasteiger charge is -2.10. The van der Waals surface area contributed by atoms with Gasteiger partial charge in [-0.05, 0) is 43.0 Å². The highest BCUT2D eigenvalue weighted by molar-refractivity contribution is 7.98. The minimum atomic E-state index is 0.580. The Labute approximate surface area is 172 Å². The Hall–Kier alpha value is -1.01. The van der Waals surface area contributed by atoms with Crippen molar-refractivity contribution in [2.24, 2.45) is 0 Å². The van der Waals surface area contributed by atoms with E-state index in [0.29, 0.717) is 10.0 Å². The first-order chi connectivity index (χ1) is 12.5. The SMILES string of the molecule is CCCn1c(SCc2ccc(Cl)c(Cl)c2)nnc1-c1csc(C)c1CC. The van der Waals surface area contributed by atoms with E-state index >= 15 is 0 Å². The Balaban J connectivity index is 1.88. The standard InChI is InChI=1S/C19H21Cl2N3S2/c1-4-8-24-18(15-11-25-12(3)14(15)5-2)22-23-19(24)26-10-13-6-7-16(20)17(21)9-13/h6-7,9,11H,4-5,8,10H2,1-3H3. The summed E-state index contributed by atoms with van der Waals surface area (Å²) in [5.41, 5.74) is 3.72. The number of aryl methyl sites for hydroxylation is 1. The number of halogens is 2. The fraction of sp³-hybridized carbons (Fsp3) is 0.368. The van der Waals surface area contributed by atoms with E-state index in [9.17, 15) is 0 Å². The first-order valence-electron chi connectivity index (χ1n) is 8.62. The van der Waals surface area contributed by atoms with E-state index in [1.807, 2.05) is 18.2 Å². The fourth-order valence-corrected chi connectivity index (χ4v) is 5.07. The van der Waals surface area contributed by atoms with Gasteiger partial charge in [0.15, 0.2) is 11.0 Å². The Kier molecular flexibility index (Phi) is 6.67. The van der Waals surface area contributed by atoms with Gasteiger partial charge in [0.2, 0.25) is 0 Å². The number of hydrogen-bond donors (Lipinski definition) is 0. The number of thiophene rings is 1. The van der Waals surface area contributed by atoms with Gasteiger partial charge in [0.1, 0.15) is 0 Å². The molecule has 3 rings (SSSR count). The van der Waals surface area contributed by atoms with Gasteiger partial charge in [0.05, 0.1) is 10.0 Å². The highest BCUT2D eigenvalue weighted by Crippen LogP contribution is 2.34. The van der Waals surface area contributed by atoms with E-state index in [2.05, 4.69) is 40.9 Å². The van der Waals surface area contributed by atoms with Crippen molar-refractivity contribution in [3.05, 3.63) is 49.6 Å². The van der Waals surface area contributed by atoms with E-state index in [0.717, 1.165) is 41.7 Å². The molecule has 2 heterocycles. The van der Waals surface area contributed by atoms with Crippen LogP contribution in [0.3, 0.4) is 0 Å². The number of aromatic nitrogens is 3. The van der Waals surface area contributed by atoms with Gasteiger partial charge in [-0.2, -0.15) is 0 Å². The van der Waals surface area contributed by atoms with Crippen molar-refractivity contribution in [3.63, 3.8) is 0 Å². The highest BCUT2D eigenvalue weighted by Gasteiger charge is 2.18. The van der Waals surface area contributed by atoms with E-state index in [-0.39, 0.29) is 0 Å². The van der Waals surface area contributed by atoms with Gasteiger partial charge in [-0.15, -0.1) is 21.5 Å². The second-order valence-corrected chi connectivity index (χ2v) is 8.87. The number of benzene rings is 1. The number of nitrogens with zero attached hydrogens (tertiary/aromatic N) is 3. The molecule has 0 spiro atoms. The zero-order chi connectivity index (χ0) is 18.7. The normalized spacial score (nSPS) is 11.3. The quantitative estimate of drug-likeness (QED) is 0.386. The third-order valence-electron chi connectivity index (χ3n) is 4.21. The molecule has 0 N–H and O–H groups in total. The molecule has 0 fully saturated rings. The summed E-state index contributed by atoms with van der Waals surface area (Å²) in [5, 5.41) is 13.3. The molecule has 0 aliphatic carbocycles. The lowest BCUT2D eigenvalue weighted by atomic mass is 10.1. The molecule has 3 nitrogen and oxygen atoms in total. The second kappa shape index (κ2) is 8.79. The number of thioether (sulfide) groups is 1. The Morgan fingerprint density at radius 2 is 1.96 bits per heavy atom. The van der Waals surface area contributed by atoms with Crippen molar-refractivity contribution < 1.29 is 0 Å². The van der Waals surface area contributed by atoms with Gasteiger partial charge in [0.25, 0.3) is 0 Å². The molecular formula is C19H21Cl2N3S2. The minimum absolute atomic E-state index is 0.580. The molecule has 0 aliphatic heterocycles. The third kappa shape index (κ3) is 4.11.